The predicted octanol–water partition coefficient (Wildman–Crippen LogP) is 14.8. The Morgan fingerprint density at radius 2 is 1.14 bits per heavy atom. The molecular weight excluding hydrogens is 731 g/mol. The smallest absolute Gasteiger partial charge is 0.346 e. The lowest BCUT2D eigenvalue weighted by molar-refractivity contribution is -0.132. The largest absolute Gasteiger partial charge is 0.477 e. The van der Waals surface area contributed by atoms with E-state index in [-0.39, 0.29) is 5.57 Å². The average Bonchev–Trinajstić information content (AvgIpc) is 3.68. The lowest BCUT2D eigenvalue weighted by Gasteiger charge is -2.31. The van der Waals surface area contributed by atoms with E-state index < -0.39 is 5.97 Å². The molecule has 0 saturated carbocycles. The maximum atomic E-state index is 12.0. The Bertz CT molecular complexity index is 2630. The highest BCUT2D eigenvalue weighted by Crippen LogP contribution is 2.47. The second-order valence-corrected chi connectivity index (χ2v) is 15.4. The van der Waals surface area contributed by atoms with E-state index in [4.69, 9.17) is 0 Å². The fourth-order valence-electron chi connectivity index (χ4n) is 7.78. The topological polar surface area (TPSA) is 67.6 Å². The van der Waals surface area contributed by atoms with E-state index in [0.29, 0.717) is 0 Å². The van der Waals surface area contributed by atoms with Crippen LogP contribution in [0.2, 0.25) is 0 Å². The minimum absolute atomic E-state index is 0.280. The second-order valence-electron chi connectivity index (χ2n) is 14.4. The molecule has 0 aliphatic rings. The van der Waals surface area contributed by atoms with Gasteiger partial charge in [0.2, 0.25) is 0 Å². The number of anilines is 6. The van der Waals surface area contributed by atoms with E-state index >= 15 is 0 Å². The Morgan fingerprint density at radius 1 is 0.621 bits per heavy atom. The molecule has 0 bridgehead atoms. The third-order valence-electron chi connectivity index (χ3n) is 10.5. The van der Waals surface area contributed by atoms with Gasteiger partial charge >= 0.3 is 5.97 Å². The Labute approximate surface area is 344 Å². The monoisotopic (exact) mass is 773 g/mol. The van der Waals surface area contributed by atoms with Crippen LogP contribution in [0.15, 0.2) is 175 Å². The van der Waals surface area contributed by atoms with Gasteiger partial charge in [0.05, 0.1) is 11.4 Å². The van der Waals surface area contributed by atoms with Gasteiger partial charge in [0.15, 0.2) is 0 Å². The van der Waals surface area contributed by atoms with Crippen LogP contribution in [0.25, 0.3) is 38.1 Å². The quantitative estimate of drug-likeness (QED) is 0.0677. The lowest BCUT2D eigenvalue weighted by Crippen LogP contribution is -2.14. The Hall–Kier alpha value is -6.94. The molecule has 0 radical (unpaired) electrons. The highest BCUT2D eigenvalue weighted by molar-refractivity contribution is 7.16. The molecule has 1 N–H and O–H groups in total. The van der Waals surface area contributed by atoms with Crippen LogP contribution in [0.4, 0.5) is 34.1 Å². The van der Waals surface area contributed by atoms with E-state index in [9.17, 15) is 15.2 Å². The van der Waals surface area contributed by atoms with Crippen LogP contribution >= 0.6 is 11.3 Å². The molecule has 8 aromatic rings. The number of unbranched alkanes of at least 4 members (excludes halogenated alkanes) is 3. The fourth-order valence-corrected chi connectivity index (χ4v) is 8.92. The SMILES string of the molecule is CCCCCCc1cc(/C=C(/C#N)C(=O)O)sc1-c1cc(N(c2ccccc2)c2cccc3ccccc23)cc(N(c2ccccc2)c2cccc3ccccc23)c1. The third-order valence-corrected chi connectivity index (χ3v) is 11.7. The summed E-state index contributed by atoms with van der Waals surface area (Å²) in [5, 5.41) is 24.1. The Morgan fingerprint density at radius 3 is 1.66 bits per heavy atom. The molecule has 1 aromatic heterocycles. The number of hydrogen-bond donors (Lipinski definition) is 1. The second kappa shape index (κ2) is 17.5. The normalized spacial score (nSPS) is 11.4. The Balaban J connectivity index is 1.43. The van der Waals surface area contributed by atoms with Crippen molar-refractivity contribution in [1.29, 1.82) is 5.26 Å². The minimum Gasteiger partial charge on any atom is -0.477 e. The zero-order valence-corrected chi connectivity index (χ0v) is 33.2. The summed E-state index contributed by atoms with van der Waals surface area (Å²) < 4.78 is 0. The highest BCUT2D eigenvalue weighted by Gasteiger charge is 2.23. The molecule has 0 amide bonds. The molecular formula is C52H43N3O2S. The molecule has 5 nitrogen and oxygen atoms in total. The van der Waals surface area contributed by atoms with Gasteiger partial charge in [0.25, 0.3) is 0 Å². The van der Waals surface area contributed by atoms with Crippen molar-refractivity contribution in [1.82, 2.24) is 0 Å². The molecule has 0 unspecified atom stereocenters. The van der Waals surface area contributed by atoms with Crippen LogP contribution in [0, 0.1) is 11.3 Å². The number of para-hydroxylation sites is 2. The summed E-state index contributed by atoms with van der Waals surface area (Å²) >= 11 is 1.54. The third kappa shape index (κ3) is 7.99. The molecule has 0 aliphatic carbocycles. The fraction of sp³-hybridized carbons (Fsp3) is 0.115. The number of carboxylic acids is 1. The van der Waals surface area contributed by atoms with Gasteiger partial charge in [0, 0.05) is 43.3 Å². The number of nitriles is 1. The molecule has 7 aromatic carbocycles. The van der Waals surface area contributed by atoms with E-state index in [1.807, 2.05) is 18.2 Å². The number of carbonyl (C=O) groups is 1. The van der Waals surface area contributed by atoms with Gasteiger partial charge < -0.3 is 14.9 Å². The van der Waals surface area contributed by atoms with Gasteiger partial charge in [-0.1, -0.05) is 135 Å². The van der Waals surface area contributed by atoms with Crippen molar-refractivity contribution in [2.75, 3.05) is 9.80 Å². The molecule has 0 saturated heterocycles. The first-order valence-electron chi connectivity index (χ1n) is 19.8. The van der Waals surface area contributed by atoms with Gasteiger partial charge in [0.1, 0.15) is 11.6 Å². The number of nitrogens with zero attached hydrogens (tertiary/aromatic N) is 3. The predicted molar refractivity (Wildman–Crippen MR) is 243 cm³/mol. The van der Waals surface area contributed by atoms with Gasteiger partial charge in [-0.2, -0.15) is 5.26 Å². The molecule has 0 atom stereocenters. The van der Waals surface area contributed by atoms with Crippen molar-refractivity contribution >= 4 is 79.1 Å². The van der Waals surface area contributed by atoms with Crippen LogP contribution in [0.3, 0.4) is 0 Å². The molecule has 0 spiro atoms. The number of benzene rings is 7. The van der Waals surface area contributed by atoms with E-state index in [1.54, 1.807) is 0 Å². The summed E-state index contributed by atoms with van der Waals surface area (Å²) in [4.78, 5) is 18.5. The highest BCUT2D eigenvalue weighted by atomic mass is 32.1. The number of fused-ring (bicyclic) bond motifs is 2. The summed E-state index contributed by atoms with van der Waals surface area (Å²) in [5.74, 6) is -1.23. The maximum Gasteiger partial charge on any atom is 0.346 e. The number of carboxylic acid groups (broad SMARTS) is 1. The van der Waals surface area contributed by atoms with Crippen molar-refractivity contribution in [2.45, 2.75) is 39.0 Å². The first-order valence-corrected chi connectivity index (χ1v) is 20.6. The number of rotatable bonds is 14. The van der Waals surface area contributed by atoms with Gasteiger partial charge in [-0.15, -0.1) is 11.3 Å². The number of hydrogen-bond acceptors (Lipinski definition) is 5. The minimum atomic E-state index is -1.23. The van der Waals surface area contributed by atoms with Crippen molar-refractivity contribution in [2.24, 2.45) is 0 Å². The summed E-state index contributed by atoms with van der Waals surface area (Å²) in [5.41, 5.74) is 7.98. The van der Waals surface area contributed by atoms with E-state index in [1.165, 1.54) is 17.4 Å². The summed E-state index contributed by atoms with van der Waals surface area (Å²) in [6.45, 7) is 2.21. The van der Waals surface area contributed by atoms with Crippen molar-refractivity contribution in [3.05, 3.63) is 186 Å². The molecule has 6 heteroatoms. The summed E-state index contributed by atoms with van der Waals surface area (Å²) in [6, 6.07) is 61.7. The maximum absolute atomic E-state index is 12.0. The Kier molecular flexibility index (Phi) is 11.4. The lowest BCUT2D eigenvalue weighted by atomic mass is 10.00. The molecule has 0 aliphatic heterocycles. The summed E-state index contributed by atoms with van der Waals surface area (Å²) in [6.07, 6.45) is 6.74. The van der Waals surface area contributed by atoms with Crippen molar-refractivity contribution in [3.8, 4) is 16.5 Å². The van der Waals surface area contributed by atoms with Crippen LogP contribution in [-0.2, 0) is 11.2 Å². The molecule has 58 heavy (non-hydrogen) atoms. The molecule has 8 rings (SSSR count). The van der Waals surface area contributed by atoms with E-state index in [2.05, 4.69) is 174 Å². The van der Waals surface area contributed by atoms with E-state index in [0.717, 1.165) is 109 Å². The average molecular weight is 774 g/mol. The number of aliphatic carboxylic acids is 1. The van der Waals surface area contributed by atoms with Gasteiger partial charge in [-0.05, 0) is 101 Å². The van der Waals surface area contributed by atoms with Crippen molar-refractivity contribution < 1.29 is 9.90 Å². The van der Waals surface area contributed by atoms with Gasteiger partial charge in [-0.25, -0.2) is 4.79 Å². The standard InChI is InChI=1S/C52H43N3O2S/c1-2-3-4-7-20-39-33-46(34-41(36-53)52(56)57)58-51(39)40-31-44(54(42-23-8-5-9-24-42)49-29-16-21-37-18-12-14-27-47(37)49)35-45(32-40)55(43-25-10-6-11-26-43)50-30-17-22-38-19-13-15-28-48(38)50/h5-6,8-19,21-35H,2-4,7,20H2,1H3,(H,56,57)/b41-34-. The van der Waals surface area contributed by atoms with Crippen LogP contribution in [-0.4, -0.2) is 11.1 Å². The van der Waals surface area contributed by atoms with Crippen LogP contribution in [0.1, 0.15) is 43.0 Å². The van der Waals surface area contributed by atoms with Crippen LogP contribution < -0.4 is 9.80 Å². The zero-order valence-electron chi connectivity index (χ0n) is 32.4. The summed E-state index contributed by atoms with van der Waals surface area (Å²) in [7, 11) is 0. The first-order chi connectivity index (χ1) is 28.5. The number of aryl methyl sites for hydroxylation is 1. The van der Waals surface area contributed by atoms with Gasteiger partial charge in [-0.3, -0.25) is 0 Å². The molecule has 0 fully saturated rings. The van der Waals surface area contributed by atoms with Crippen molar-refractivity contribution in [3.63, 3.8) is 0 Å². The molecule has 1 heterocycles. The number of thiophene rings is 1. The first kappa shape index (κ1) is 38.0. The molecule has 284 valence electrons. The zero-order chi connectivity index (χ0) is 39.8. The van der Waals surface area contributed by atoms with Crippen LogP contribution in [0.5, 0.6) is 0 Å².